The third kappa shape index (κ3) is 2.94. The fourth-order valence-corrected chi connectivity index (χ4v) is 2.88. The lowest BCUT2D eigenvalue weighted by Gasteiger charge is -2.22. The number of anilines is 2. The lowest BCUT2D eigenvalue weighted by atomic mass is 10.3. The molecule has 0 fully saturated rings. The number of nitrogens with one attached hydrogen (secondary N) is 1. The highest BCUT2D eigenvalue weighted by Crippen LogP contribution is 2.31. The van der Waals surface area contributed by atoms with Crippen molar-refractivity contribution in [2.24, 2.45) is 5.84 Å². The Hall–Kier alpha value is -1.44. The van der Waals surface area contributed by atoms with E-state index in [9.17, 15) is 0 Å². The van der Waals surface area contributed by atoms with Crippen LogP contribution in [0.2, 0.25) is 0 Å². The van der Waals surface area contributed by atoms with Gasteiger partial charge in [0.2, 0.25) is 5.95 Å². The number of fused-ring (bicyclic) bond motifs is 1. The van der Waals surface area contributed by atoms with Crippen molar-refractivity contribution in [3.8, 4) is 0 Å². The molecule has 4 N–H and O–H groups in total. The van der Waals surface area contributed by atoms with Crippen molar-refractivity contribution in [1.29, 1.82) is 0 Å². The standard InChI is InChI=1S/C12H19N5OS/c1-3-17(5-4-6-18)10-9-7-8(2)19-11(9)15-12(14-10)16-13/h7,18H,3-6,13H2,1-2H3,(H,14,15,16). The molecule has 104 valence electrons. The van der Waals surface area contributed by atoms with Gasteiger partial charge in [0.05, 0.1) is 5.39 Å². The highest BCUT2D eigenvalue weighted by molar-refractivity contribution is 7.18. The van der Waals surface area contributed by atoms with Crippen molar-refractivity contribution in [1.82, 2.24) is 9.97 Å². The van der Waals surface area contributed by atoms with Crippen LogP contribution in [0.25, 0.3) is 10.2 Å². The number of aliphatic hydroxyl groups excluding tert-OH is 1. The molecule has 0 amide bonds. The van der Waals surface area contributed by atoms with Crippen LogP contribution in [0.4, 0.5) is 11.8 Å². The molecule has 0 saturated heterocycles. The second-order valence-corrected chi connectivity index (χ2v) is 5.48. The van der Waals surface area contributed by atoms with E-state index in [0.717, 1.165) is 29.1 Å². The summed E-state index contributed by atoms with van der Waals surface area (Å²) in [5.74, 6) is 6.73. The number of hydrogen-bond acceptors (Lipinski definition) is 7. The second kappa shape index (κ2) is 6.14. The van der Waals surface area contributed by atoms with Crippen LogP contribution in [-0.4, -0.2) is 34.8 Å². The van der Waals surface area contributed by atoms with Crippen LogP contribution < -0.4 is 16.2 Å². The summed E-state index contributed by atoms with van der Waals surface area (Å²) in [5.41, 5.74) is 2.51. The molecule has 0 atom stereocenters. The second-order valence-electron chi connectivity index (χ2n) is 4.25. The molecule has 0 aliphatic rings. The fraction of sp³-hybridized carbons (Fsp3) is 0.500. The zero-order valence-electron chi connectivity index (χ0n) is 11.2. The predicted molar refractivity (Wildman–Crippen MR) is 79.6 cm³/mol. The van der Waals surface area contributed by atoms with Gasteiger partial charge in [-0.2, -0.15) is 4.98 Å². The van der Waals surface area contributed by atoms with Crippen molar-refractivity contribution in [2.45, 2.75) is 20.3 Å². The van der Waals surface area contributed by atoms with E-state index in [2.05, 4.69) is 40.2 Å². The van der Waals surface area contributed by atoms with Crippen LogP contribution in [0.15, 0.2) is 6.07 Å². The molecular weight excluding hydrogens is 262 g/mol. The van der Waals surface area contributed by atoms with Crippen molar-refractivity contribution in [3.63, 3.8) is 0 Å². The Morgan fingerprint density at radius 1 is 1.47 bits per heavy atom. The van der Waals surface area contributed by atoms with Crippen LogP contribution in [-0.2, 0) is 0 Å². The normalized spacial score (nSPS) is 10.9. The van der Waals surface area contributed by atoms with E-state index in [4.69, 9.17) is 10.9 Å². The molecule has 19 heavy (non-hydrogen) atoms. The van der Waals surface area contributed by atoms with Crippen molar-refractivity contribution in [3.05, 3.63) is 10.9 Å². The first-order valence-electron chi connectivity index (χ1n) is 6.30. The van der Waals surface area contributed by atoms with E-state index < -0.39 is 0 Å². The van der Waals surface area contributed by atoms with E-state index in [1.807, 2.05) is 0 Å². The van der Waals surface area contributed by atoms with E-state index >= 15 is 0 Å². The Labute approximate surface area is 116 Å². The van der Waals surface area contributed by atoms with E-state index in [1.54, 1.807) is 11.3 Å². The van der Waals surface area contributed by atoms with Gasteiger partial charge in [-0.3, -0.25) is 5.43 Å². The molecule has 2 aromatic heterocycles. The molecule has 7 heteroatoms. The van der Waals surface area contributed by atoms with Crippen molar-refractivity contribution in [2.75, 3.05) is 30.0 Å². The van der Waals surface area contributed by atoms with Gasteiger partial charge >= 0.3 is 0 Å². The monoisotopic (exact) mass is 281 g/mol. The third-order valence-corrected chi connectivity index (χ3v) is 3.84. The maximum Gasteiger partial charge on any atom is 0.240 e. The third-order valence-electron chi connectivity index (χ3n) is 2.89. The summed E-state index contributed by atoms with van der Waals surface area (Å²) in [7, 11) is 0. The zero-order valence-corrected chi connectivity index (χ0v) is 12.0. The van der Waals surface area contributed by atoms with Crippen LogP contribution in [0.5, 0.6) is 0 Å². The maximum absolute atomic E-state index is 8.99. The summed E-state index contributed by atoms with van der Waals surface area (Å²) < 4.78 is 0. The van der Waals surface area contributed by atoms with Crippen LogP contribution in [0.3, 0.4) is 0 Å². The number of aryl methyl sites for hydroxylation is 1. The first-order chi connectivity index (χ1) is 9.19. The smallest absolute Gasteiger partial charge is 0.240 e. The molecule has 0 saturated carbocycles. The largest absolute Gasteiger partial charge is 0.396 e. The van der Waals surface area contributed by atoms with Gasteiger partial charge in [-0.25, -0.2) is 10.8 Å². The topological polar surface area (TPSA) is 87.3 Å². The van der Waals surface area contributed by atoms with Gasteiger partial charge in [-0.05, 0) is 26.3 Å². The van der Waals surface area contributed by atoms with Crippen molar-refractivity contribution >= 4 is 33.3 Å². The molecule has 6 nitrogen and oxygen atoms in total. The number of nitrogens with two attached hydrogens (primary N) is 1. The first kappa shape index (κ1) is 14.0. The van der Waals surface area contributed by atoms with Gasteiger partial charge in [-0.1, -0.05) is 0 Å². The number of aliphatic hydroxyl groups is 1. The Bertz CT molecular complexity index is 556. The number of hydrogen-bond donors (Lipinski definition) is 3. The van der Waals surface area contributed by atoms with Crippen LogP contribution >= 0.6 is 11.3 Å². The fourth-order valence-electron chi connectivity index (χ4n) is 2.01. The minimum absolute atomic E-state index is 0.176. The average molecular weight is 281 g/mol. The maximum atomic E-state index is 8.99. The van der Waals surface area contributed by atoms with E-state index in [1.165, 1.54) is 4.88 Å². The number of rotatable bonds is 6. The molecule has 0 aliphatic carbocycles. The van der Waals surface area contributed by atoms with Gasteiger partial charge in [0, 0.05) is 24.6 Å². The van der Waals surface area contributed by atoms with Crippen LogP contribution in [0.1, 0.15) is 18.2 Å². The molecule has 0 bridgehead atoms. The molecule has 0 unspecified atom stereocenters. The summed E-state index contributed by atoms with van der Waals surface area (Å²) in [6.07, 6.45) is 0.716. The number of nitrogen functional groups attached to an aromatic ring is 1. The van der Waals surface area contributed by atoms with E-state index in [-0.39, 0.29) is 6.61 Å². The number of nitrogens with zero attached hydrogens (tertiary/aromatic N) is 3. The Morgan fingerprint density at radius 2 is 2.26 bits per heavy atom. The van der Waals surface area contributed by atoms with Gasteiger partial charge in [0.25, 0.3) is 0 Å². The molecule has 0 aliphatic heterocycles. The summed E-state index contributed by atoms with van der Waals surface area (Å²) in [6.45, 7) is 5.88. The summed E-state index contributed by atoms with van der Waals surface area (Å²) in [5, 5.41) is 10.0. The minimum Gasteiger partial charge on any atom is -0.396 e. The highest BCUT2D eigenvalue weighted by atomic mass is 32.1. The Balaban J connectivity index is 2.48. The molecule has 2 heterocycles. The Morgan fingerprint density at radius 3 is 2.89 bits per heavy atom. The van der Waals surface area contributed by atoms with Gasteiger partial charge in [0.1, 0.15) is 10.6 Å². The van der Waals surface area contributed by atoms with Gasteiger partial charge in [-0.15, -0.1) is 11.3 Å². The SMILES string of the molecule is CCN(CCCO)c1nc(NN)nc2sc(C)cc12. The highest BCUT2D eigenvalue weighted by Gasteiger charge is 2.15. The quantitative estimate of drug-likeness (QED) is 0.549. The summed E-state index contributed by atoms with van der Waals surface area (Å²) in [4.78, 5) is 13.1. The molecule has 0 radical (unpaired) electrons. The lowest BCUT2D eigenvalue weighted by molar-refractivity contribution is 0.289. The van der Waals surface area contributed by atoms with Gasteiger partial charge in [0.15, 0.2) is 0 Å². The predicted octanol–water partition coefficient (Wildman–Crippen LogP) is 1.49. The van der Waals surface area contributed by atoms with Crippen LogP contribution in [0, 0.1) is 6.92 Å². The molecule has 2 aromatic rings. The molecule has 0 aromatic carbocycles. The zero-order chi connectivity index (χ0) is 13.8. The molecule has 0 spiro atoms. The van der Waals surface area contributed by atoms with Crippen molar-refractivity contribution < 1.29 is 5.11 Å². The summed E-state index contributed by atoms with van der Waals surface area (Å²) in [6, 6.07) is 2.09. The number of thiophene rings is 1. The lowest BCUT2D eigenvalue weighted by Crippen LogP contribution is -2.26. The average Bonchev–Trinajstić information content (AvgIpc) is 2.79. The molecular formula is C12H19N5OS. The first-order valence-corrected chi connectivity index (χ1v) is 7.11. The Kier molecular flexibility index (Phi) is 4.52. The van der Waals surface area contributed by atoms with E-state index in [0.29, 0.717) is 12.4 Å². The summed E-state index contributed by atoms with van der Waals surface area (Å²) >= 11 is 1.62. The van der Waals surface area contributed by atoms with Gasteiger partial charge < -0.3 is 10.0 Å². The number of aromatic nitrogens is 2. The number of hydrazine groups is 1. The molecule has 2 rings (SSSR count). The minimum atomic E-state index is 0.176.